The first-order valence-electron chi connectivity index (χ1n) is 9.83. The van der Waals surface area contributed by atoms with Crippen molar-refractivity contribution in [3.8, 4) is 5.75 Å². The molecule has 1 saturated carbocycles. The van der Waals surface area contributed by atoms with Crippen molar-refractivity contribution in [1.29, 1.82) is 0 Å². The summed E-state index contributed by atoms with van der Waals surface area (Å²) in [5, 5.41) is 0. The van der Waals surface area contributed by atoms with Gasteiger partial charge in [0.2, 0.25) is 0 Å². The van der Waals surface area contributed by atoms with Crippen molar-refractivity contribution >= 4 is 22.9 Å². The molecule has 2 aromatic rings. The van der Waals surface area contributed by atoms with Gasteiger partial charge in [0.1, 0.15) is 5.75 Å². The van der Waals surface area contributed by atoms with E-state index in [4.69, 9.17) is 9.47 Å². The minimum Gasteiger partial charge on any atom is -0.496 e. The van der Waals surface area contributed by atoms with Crippen molar-refractivity contribution in [2.45, 2.75) is 27.2 Å². The van der Waals surface area contributed by atoms with E-state index in [9.17, 15) is 9.59 Å². The second-order valence-electron chi connectivity index (χ2n) is 8.60. The molecule has 1 fully saturated rings. The molecule has 29 heavy (non-hydrogen) atoms. The van der Waals surface area contributed by atoms with E-state index >= 15 is 0 Å². The van der Waals surface area contributed by atoms with Crippen LogP contribution in [-0.2, 0) is 14.3 Å². The van der Waals surface area contributed by atoms with Gasteiger partial charge in [-0.2, -0.15) is 0 Å². The number of carbonyl (C=O) groups is 2. The van der Waals surface area contributed by atoms with E-state index < -0.39 is 16.2 Å². The number of Topliss-reactive ketones (excluding diaryl/α,β-unsaturated/α-hetero) is 1. The lowest BCUT2D eigenvalue weighted by molar-refractivity contribution is -0.157. The maximum atomic E-state index is 13.9. The minimum absolute atomic E-state index is 0.0673. The maximum absolute atomic E-state index is 13.9. The van der Waals surface area contributed by atoms with Crippen LogP contribution < -0.4 is 4.74 Å². The molecule has 150 valence electrons. The van der Waals surface area contributed by atoms with Crippen molar-refractivity contribution in [2.24, 2.45) is 16.2 Å². The number of hydrogen-bond donors (Lipinski definition) is 0. The summed E-state index contributed by atoms with van der Waals surface area (Å²) in [6.45, 7) is 5.73. The van der Waals surface area contributed by atoms with Gasteiger partial charge in [-0.05, 0) is 50.0 Å². The third-order valence-electron chi connectivity index (χ3n) is 7.14. The number of ether oxygens (including phenoxy) is 2. The molecule has 2 aliphatic carbocycles. The third kappa shape index (κ3) is 2.26. The summed E-state index contributed by atoms with van der Waals surface area (Å²) in [5.74, 6) is 0.447. The summed E-state index contributed by atoms with van der Waals surface area (Å²) >= 11 is 0. The first-order valence-corrected chi connectivity index (χ1v) is 9.83. The number of ketones is 1. The zero-order valence-electron chi connectivity index (χ0n) is 17.5. The van der Waals surface area contributed by atoms with E-state index in [2.05, 4.69) is 0 Å². The molecule has 0 saturated heterocycles. The Morgan fingerprint density at radius 3 is 2.14 bits per heavy atom. The van der Waals surface area contributed by atoms with E-state index in [1.165, 1.54) is 7.11 Å². The molecule has 4 rings (SSSR count). The molecule has 0 N–H and O–H groups in total. The van der Waals surface area contributed by atoms with Crippen LogP contribution in [-0.4, -0.2) is 26.0 Å². The molecule has 0 radical (unpaired) electrons. The Morgan fingerprint density at radius 2 is 1.52 bits per heavy atom. The van der Waals surface area contributed by atoms with E-state index in [1.807, 2.05) is 75.4 Å². The van der Waals surface area contributed by atoms with Crippen LogP contribution in [0.5, 0.6) is 5.75 Å². The Labute approximate surface area is 171 Å². The summed E-state index contributed by atoms with van der Waals surface area (Å²) < 4.78 is 10.8. The molecule has 2 aliphatic rings. The predicted molar refractivity (Wildman–Crippen MR) is 112 cm³/mol. The monoisotopic (exact) mass is 390 g/mol. The number of benzene rings is 2. The lowest BCUT2D eigenvalue weighted by Gasteiger charge is -2.42. The normalized spacial score (nSPS) is 30.6. The Morgan fingerprint density at radius 1 is 0.897 bits per heavy atom. The highest BCUT2D eigenvalue weighted by atomic mass is 16.5. The van der Waals surface area contributed by atoms with Crippen molar-refractivity contribution in [2.75, 3.05) is 14.2 Å². The summed E-state index contributed by atoms with van der Waals surface area (Å²) in [7, 11) is 3.03. The van der Waals surface area contributed by atoms with Crippen molar-refractivity contribution in [1.82, 2.24) is 0 Å². The number of esters is 1. The Kier molecular flexibility index (Phi) is 4.23. The van der Waals surface area contributed by atoms with Gasteiger partial charge in [0, 0.05) is 5.56 Å². The standard InChI is InChI=1S/C25H26O4/c1-23-15-24(2,22(27)29-5)25(3,21(23)26)19(16-11-7-6-8-12-16)20(23)17-13-9-10-14-18(17)28-4/h6-14H,15H2,1-5H3/t23-,24+,25+/m0/s1. The Balaban J connectivity index is 2.12. The van der Waals surface area contributed by atoms with Gasteiger partial charge in [0.25, 0.3) is 0 Å². The highest BCUT2D eigenvalue weighted by Gasteiger charge is 2.74. The molecule has 2 bridgehead atoms. The summed E-state index contributed by atoms with van der Waals surface area (Å²) in [6.07, 6.45) is 0.408. The third-order valence-corrected chi connectivity index (χ3v) is 7.14. The minimum atomic E-state index is -0.994. The maximum Gasteiger partial charge on any atom is 0.312 e. The van der Waals surface area contributed by atoms with Gasteiger partial charge in [-0.25, -0.2) is 0 Å². The highest BCUT2D eigenvalue weighted by molar-refractivity contribution is 6.25. The van der Waals surface area contributed by atoms with Crippen LogP contribution in [0, 0.1) is 16.2 Å². The summed E-state index contributed by atoms with van der Waals surface area (Å²) in [6, 6.07) is 17.7. The summed E-state index contributed by atoms with van der Waals surface area (Å²) in [4.78, 5) is 26.9. The number of hydrogen-bond acceptors (Lipinski definition) is 4. The van der Waals surface area contributed by atoms with Gasteiger partial charge in [-0.3, -0.25) is 9.59 Å². The highest BCUT2D eigenvalue weighted by Crippen LogP contribution is 2.74. The Bertz CT molecular complexity index is 1040. The van der Waals surface area contributed by atoms with E-state index in [0.29, 0.717) is 6.42 Å². The topological polar surface area (TPSA) is 52.6 Å². The van der Waals surface area contributed by atoms with Crippen LogP contribution >= 0.6 is 0 Å². The van der Waals surface area contributed by atoms with Crippen molar-refractivity contribution < 1.29 is 19.1 Å². The molecule has 3 atom stereocenters. The van der Waals surface area contributed by atoms with Gasteiger partial charge < -0.3 is 9.47 Å². The van der Waals surface area contributed by atoms with Crippen LogP contribution in [0.4, 0.5) is 0 Å². The van der Waals surface area contributed by atoms with Gasteiger partial charge in [-0.15, -0.1) is 0 Å². The average Bonchev–Trinajstić information content (AvgIpc) is 3.02. The zero-order chi connectivity index (χ0) is 21.0. The second-order valence-corrected chi connectivity index (χ2v) is 8.60. The van der Waals surface area contributed by atoms with Gasteiger partial charge in [0.05, 0.1) is 30.5 Å². The van der Waals surface area contributed by atoms with E-state index in [1.54, 1.807) is 7.11 Å². The molecule has 0 unspecified atom stereocenters. The number of para-hydroxylation sites is 1. The molecule has 0 aliphatic heterocycles. The molecule has 4 nitrogen and oxygen atoms in total. The number of rotatable bonds is 4. The fraction of sp³-hybridized carbons (Fsp3) is 0.360. The first kappa shape index (κ1) is 19.4. The quantitative estimate of drug-likeness (QED) is 0.705. The van der Waals surface area contributed by atoms with E-state index in [-0.39, 0.29) is 11.8 Å². The average molecular weight is 390 g/mol. The lowest BCUT2D eigenvalue weighted by Crippen LogP contribution is -2.44. The van der Waals surface area contributed by atoms with Crippen LogP contribution in [0.2, 0.25) is 0 Å². The second kappa shape index (κ2) is 6.31. The Hall–Kier alpha value is -2.88. The molecular formula is C25H26O4. The molecule has 0 spiro atoms. The first-order chi connectivity index (χ1) is 13.8. The van der Waals surface area contributed by atoms with Crippen LogP contribution in [0.3, 0.4) is 0 Å². The van der Waals surface area contributed by atoms with Gasteiger partial charge >= 0.3 is 5.97 Å². The molecule has 2 aromatic carbocycles. The number of methoxy groups -OCH3 is 2. The fourth-order valence-electron chi connectivity index (χ4n) is 5.71. The summed E-state index contributed by atoms with van der Waals surface area (Å²) in [5.41, 5.74) is 0.959. The van der Waals surface area contributed by atoms with Crippen LogP contribution in [0.1, 0.15) is 38.3 Å². The molecular weight excluding hydrogens is 364 g/mol. The van der Waals surface area contributed by atoms with Crippen LogP contribution in [0.25, 0.3) is 11.1 Å². The number of fused-ring (bicyclic) bond motifs is 2. The van der Waals surface area contributed by atoms with Gasteiger partial charge in [0.15, 0.2) is 5.78 Å². The number of carbonyl (C=O) groups excluding carboxylic acids is 2. The SMILES string of the molecule is COC(=O)[C@@]1(C)C[C@]2(C)C(=O)[C@@]1(C)C(c1ccccc1)=C2c1ccccc1OC. The largest absolute Gasteiger partial charge is 0.496 e. The van der Waals surface area contributed by atoms with Crippen LogP contribution in [0.15, 0.2) is 54.6 Å². The molecule has 0 aromatic heterocycles. The smallest absolute Gasteiger partial charge is 0.312 e. The van der Waals surface area contributed by atoms with Gasteiger partial charge in [-0.1, -0.05) is 48.5 Å². The van der Waals surface area contributed by atoms with E-state index in [0.717, 1.165) is 28.0 Å². The fourth-order valence-corrected chi connectivity index (χ4v) is 5.71. The molecule has 0 heterocycles. The van der Waals surface area contributed by atoms with Crippen molar-refractivity contribution in [3.05, 3.63) is 65.7 Å². The number of allylic oxidation sites excluding steroid dienone is 2. The molecule has 4 heteroatoms. The molecule has 0 amide bonds. The van der Waals surface area contributed by atoms with Crippen molar-refractivity contribution in [3.63, 3.8) is 0 Å². The lowest BCUT2D eigenvalue weighted by atomic mass is 9.59. The predicted octanol–water partition coefficient (Wildman–Crippen LogP) is 4.78. The zero-order valence-corrected chi connectivity index (χ0v) is 17.5.